The van der Waals surface area contributed by atoms with Crippen LogP contribution in [0.1, 0.15) is 70.1 Å². The molecule has 0 saturated carbocycles. The van der Waals surface area contributed by atoms with Crippen molar-refractivity contribution in [3.63, 3.8) is 0 Å². The Labute approximate surface area is 176 Å². The quantitative estimate of drug-likeness (QED) is 0.385. The van der Waals surface area contributed by atoms with Crippen molar-refractivity contribution in [1.29, 1.82) is 0 Å². The van der Waals surface area contributed by atoms with Gasteiger partial charge >= 0.3 is 5.97 Å². The molecule has 30 heavy (non-hydrogen) atoms. The summed E-state index contributed by atoms with van der Waals surface area (Å²) in [7, 11) is 1.55. The van der Waals surface area contributed by atoms with Crippen molar-refractivity contribution in [2.45, 2.75) is 45.1 Å². The number of carbonyl (C=O) groups is 4. The highest BCUT2D eigenvalue weighted by Crippen LogP contribution is 2.25. The largest absolute Gasteiger partial charge is 0.449 e. The maximum absolute atomic E-state index is 12.6. The summed E-state index contributed by atoms with van der Waals surface area (Å²) in [5.41, 5.74) is 0.588. The summed E-state index contributed by atoms with van der Waals surface area (Å²) in [6, 6.07) is 4.29. The van der Waals surface area contributed by atoms with Crippen LogP contribution in [0, 0.1) is 0 Å². The Balaban J connectivity index is 1.66. The highest BCUT2D eigenvalue weighted by molar-refractivity contribution is 6.22. The minimum Gasteiger partial charge on any atom is -0.449 e. The maximum Gasteiger partial charge on any atom is 0.338 e. The number of likely N-dealkylation sites (tertiary alicyclic amines) is 1. The minimum atomic E-state index is -0.910. The molecule has 8 nitrogen and oxygen atoms in total. The standard InChI is InChI=1S/C22H28N2O6/c1-15(19(25)23-10-5-3-4-6-11-23)30-22(28)16-8-9-17-18(14-16)21(27)24(20(17)26)12-7-13-29-2/h8-9,14-15H,3-7,10-13H2,1-2H3/t15-/m0/s1. The van der Waals surface area contributed by atoms with Gasteiger partial charge in [0.05, 0.1) is 16.7 Å². The van der Waals surface area contributed by atoms with Crippen LogP contribution in [0.25, 0.3) is 0 Å². The normalized spacial score (nSPS) is 17.5. The second kappa shape index (κ2) is 9.84. The molecule has 1 aromatic carbocycles. The van der Waals surface area contributed by atoms with E-state index in [1.165, 1.54) is 18.2 Å². The fourth-order valence-corrected chi connectivity index (χ4v) is 3.81. The summed E-state index contributed by atoms with van der Waals surface area (Å²) >= 11 is 0. The molecule has 2 aliphatic rings. The second-order valence-corrected chi connectivity index (χ2v) is 7.66. The molecule has 2 aliphatic heterocycles. The molecule has 0 aromatic heterocycles. The summed E-state index contributed by atoms with van der Waals surface area (Å²) in [5.74, 6) is -1.71. The van der Waals surface area contributed by atoms with Crippen molar-refractivity contribution in [2.75, 3.05) is 33.4 Å². The average molecular weight is 416 g/mol. The maximum atomic E-state index is 12.6. The smallest absolute Gasteiger partial charge is 0.338 e. The number of hydrogen-bond donors (Lipinski definition) is 0. The lowest BCUT2D eigenvalue weighted by Gasteiger charge is -2.24. The Hall–Kier alpha value is -2.74. The Bertz CT molecular complexity index is 829. The van der Waals surface area contributed by atoms with E-state index in [0.29, 0.717) is 26.1 Å². The van der Waals surface area contributed by atoms with Gasteiger partial charge in [-0.2, -0.15) is 0 Å². The van der Waals surface area contributed by atoms with E-state index in [1.54, 1.807) is 18.9 Å². The van der Waals surface area contributed by atoms with Crippen molar-refractivity contribution in [3.8, 4) is 0 Å². The summed E-state index contributed by atoms with van der Waals surface area (Å²) in [4.78, 5) is 53.1. The topological polar surface area (TPSA) is 93.2 Å². The van der Waals surface area contributed by atoms with E-state index >= 15 is 0 Å². The van der Waals surface area contributed by atoms with Crippen LogP contribution >= 0.6 is 0 Å². The van der Waals surface area contributed by atoms with Crippen LogP contribution in [0.2, 0.25) is 0 Å². The summed E-state index contributed by atoms with van der Waals surface area (Å²) in [6.07, 6.45) is 3.73. The first-order chi connectivity index (χ1) is 14.4. The minimum absolute atomic E-state index is 0.143. The molecule has 0 aliphatic carbocycles. The van der Waals surface area contributed by atoms with E-state index in [4.69, 9.17) is 9.47 Å². The third kappa shape index (κ3) is 4.70. The summed E-state index contributed by atoms with van der Waals surface area (Å²) in [6.45, 7) is 3.60. The first-order valence-electron chi connectivity index (χ1n) is 10.4. The Morgan fingerprint density at radius 1 is 1.03 bits per heavy atom. The second-order valence-electron chi connectivity index (χ2n) is 7.66. The van der Waals surface area contributed by atoms with Gasteiger partial charge in [-0.25, -0.2) is 4.79 Å². The fraction of sp³-hybridized carbons (Fsp3) is 0.545. The van der Waals surface area contributed by atoms with Gasteiger partial charge in [-0.15, -0.1) is 0 Å². The molecular formula is C22H28N2O6. The fourth-order valence-electron chi connectivity index (χ4n) is 3.81. The number of methoxy groups -OCH3 is 1. The Kier molecular flexibility index (Phi) is 7.20. The van der Waals surface area contributed by atoms with Gasteiger partial charge in [0.2, 0.25) is 0 Å². The lowest BCUT2D eigenvalue weighted by atomic mass is 10.1. The van der Waals surface area contributed by atoms with Crippen molar-refractivity contribution in [1.82, 2.24) is 9.80 Å². The molecule has 3 amide bonds. The third-order valence-corrected chi connectivity index (χ3v) is 5.49. The van der Waals surface area contributed by atoms with Crippen molar-refractivity contribution in [2.24, 2.45) is 0 Å². The van der Waals surface area contributed by atoms with Crippen LogP contribution in [0.3, 0.4) is 0 Å². The summed E-state index contributed by atoms with van der Waals surface area (Å²) in [5, 5.41) is 0. The number of esters is 1. The van der Waals surface area contributed by atoms with Gasteiger partial charge in [0.25, 0.3) is 17.7 Å². The number of imide groups is 1. The number of ether oxygens (including phenoxy) is 2. The van der Waals surface area contributed by atoms with Crippen LogP contribution < -0.4 is 0 Å². The highest BCUT2D eigenvalue weighted by atomic mass is 16.5. The number of rotatable bonds is 7. The molecule has 1 atom stereocenters. The lowest BCUT2D eigenvalue weighted by Crippen LogP contribution is -2.40. The number of benzene rings is 1. The molecule has 0 bridgehead atoms. The Morgan fingerprint density at radius 3 is 2.37 bits per heavy atom. The molecule has 1 aromatic rings. The molecule has 0 radical (unpaired) electrons. The molecule has 0 unspecified atom stereocenters. The molecule has 3 rings (SSSR count). The van der Waals surface area contributed by atoms with Crippen molar-refractivity contribution >= 4 is 23.7 Å². The molecule has 0 spiro atoms. The first-order valence-corrected chi connectivity index (χ1v) is 10.4. The van der Waals surface area contributed by atoms with Crippen molar-refractivity contribution < 1.29 is 28.7 Å². The van der Waals surface area contributed by atoms with Crippen LogP contribution in [0.5, 0.6) is 0 Å². The van der Waals surface area contributed by atoms with Gasteiger partial charge in [0.15, 0.2) is 6.10 Å². The zero-order valence-electron chi connectivity index (χ0n) is 17.5. The SMILES string of the molecule is COCCCN1C(=O)c2ccc(C(=O)O[C@@H](C)C(=O)N3CCCCCC3)cc2C1=O. The predicted octanol–water partition coefficient (Wildman–Crippen LogP) is 2.27. The Morgan fingerprint density at radius 2 is 1.70 bits per heavy atom. The number of fused-ring (bicyclic) bond motifs is 1. The molecule has 162 valence electrons. The van der Waals surface area contributed by atoms with E-state index in [2.05, 4.69) is 0 Å². The molecule has 1 fully saturated rings. The van der Waals surface area contributed by atoms with E-state index < -0.39 is 18.0 Å². The average Bonchev–Trinajstić information content (AvgIpc) is 2.93. The predicted molar refractivity (Wildman–Crippen MR) is 108 cm³/mol. The third-order valence-electron chi connectivity index (χ3n) is 5.49. The molecule has 8 heteroatoms. The van der Waals surface area contributed by atoms with Crippen LogP contribution in [-0.4, -0.2) is 72.9 Å². The first kappa shape index (κ1) is 22.0. The zero-order valence-corrected chi connectivity index (χ0v) is 17.5. The van der Waals surface area contributed by atoms with Crippen LogP contribution in [0.15, 0.2) is 18.2 Å². The van der Waals surface area contributed by atoms with Crippen molar-refractivity contribution in [3.05, 3.63) is 34.9 Å². The molecular weight excluding hydrogens is 388 g/mol. The van der Waals surface area contributed by atoms with Gasteiger partial charge in [0.1, 0.15) is 0 Å². The number of hydrogen-bond acceptors (Lipinski definition) is 6. The molecule has 2 heterocycles. The van der Waals surface area contributed by atoms with Gasteiger partial charge in [-0.05, 0) is 44.4 Å². The monoisotopic (exact) mass is 416 g/mol. The lowest BCUT2D eigenvalue weighted by molar-refractivity contribution is -0.139. The molecule has 1 saturated heterocycles. The van der Waals surface area contributed by atoms with E-state index in [0.717, 1.165) is 30.6 Å². The molecule has 0 N–H and O–H groups in total. The van der Waals surface area contributed by atoms with E-state index in [9.17, 15) is 19.2 Å². The van der Waals surface area contributed by atoms with Gasteiger partial charge < -0.3 is 14.4 Å². The summed E-state index contributed by atoms with van der Waals surface area (Å²) < 4.78 is 10.3. The van der Waals surface area contributed by atoms with Crippen LogP contribution in [0.4, 0.5) is 0 Å². The van der Waals surface area contributed by atoms with E-state index in [1.807, 2.05) is 0 Å². The number of amides is 3. The number of carbonyl (C=O) groups excluding carboxylic acids is 4. The van der Waals surface area contributed by atoms with Crippen LogP contribution in [-0.2, 0) is 14.3 Å². The highest BCUT2D eigenvalue weighted by Gasteiger charge is 2.36. The van der Waals surface area contributed by atoms with Gasteiger partial charge in [-0.3, -0.25) is 19.3 Å². The number of nitrogens with zero attached hydrogens (tertiary/aromatic N) is 2. The van der Waals surface area contributed by atoms with Gasteiger partial charge in [-0.1, -0.05) is 12.8 Å². The zero-order chi connectivity index (χ0) is 21.7. The van der Waals surface area contributed by atoms with E-state index in [-0.39, 0.29) is 35.0 Å². The van der Waals surface area contributed by atoms with Gasteiger partial charge in [0, 0.05) is 33.4 Å².